The van der Waals surface area contributed by atoms with Crippen LogP contribution in [0.3, 0.4) is 0 Å². The molecule has 9 N–H and O–H groups in total. The van der Waals surface area contributed by atoms with E-state index in [1.54, 1.807) is 6.92 Å². The molecular formula is C23H45ClN6O5. The first kappa shape index (κ1) is 34.6. The highest BCUT2D eigenvalue weighted by Crippen LogP contribution is 2.11. The first-order chi connectivity index (χ1) is 15.8. The average molecular weight is 521 g/mol. The summed E-state index contributed by atoms with van der Waals surface area (Å²) in [5, 5.41) is 17.3. The maximum absolute atomic E-state index is 13.0. The van der Waals surface area contributed by atoms with Crippen LogP contribution in [0, 0.1) is 11.8 Å². The first-order valence-electron chi connectivity index (χ1n) is 12.1. The Morgan fingerprint density at radius 3 is 1.97 bits per heavy atom. The Hall–Kier alpha value is -2.56. The summed E-state index contributed by atoms with van der Waals surface area (Å²) in [6.45, 7) is 10.3. The standard InChI is InChI=1S/C23H44N6O5.ClH/c1-6-16(13-21(32)33)27-19(30)9-10-20(31)28-18(12-14(2)3)22(34)29-17(15(4)5)8-7-11-26-23(24)25;/h14-18H,6-13H2,1-5H3,(H,27,30)(H,28,31)(H,29,34)(H,32,33)(H4,24,25,26);1H. The van der Waals surface area contributed by atoms with Crippen molar-refractivity contribution in [3.63, 3.8) is 0 Å². The molecule has 204 valence electrons. The lowest BCUT2D eigenvalue weighted by atomic mass is 9.97. The number of hydrogen-bond donors (Lipinski definition) is 7. The molecule has 0 aromatic rings. The van der Waals surface area contributed by atoms with Crippen LogP contribution in [-0.4, -0.2) is 59.4 Å². The van der Waals surface area contributed by atoms with Crippen molar-refractivity contribution in [2.75, 3.05) is 6.54 Å². The summed E-state index contributed by atoms with van der Waals surface area (Å²) in [5.41, 5.74) is 10.8. The van der Waals surface area contributed by atoms with Crippen molar-refractivity contribution in [3.8, 4) is 0 Å². The van der Waals surface area contributed by atoms with Gasteiger partial charge in [0.15, 0.2) is 0 Å². The predicted octanol–water partition coefficient (Wildman–Crippen LogP) is -4.05. The minimum Gasteiger partial charge on any atom is -1.00 e. The zero-order valence-corrected chi connectivity index (χ0v) is 22.4. The molecule has 0 bridgehead atoms. The minimum atomic E-state index is -0.995. The maximum atomic E-state index is 13.0. The van der Waals surface area contributed by atoms with Gasteiger partial charge in [-0.15, -0.1) is 0 Å². The smallest absolute Gasteiger partial charge is 0.338 e. The van der Waals surface area contributed by atoms with E-state index < -0.39 is 29.9 Å². The van der Waals surface area contributed by atoms with Crippen molar-refractivity contribution in [3.05, 3.63) is 0 Å². The fraction of sp³-hybridized carbons (Fsp3) is 0.783. The Bertz CT molecular complexity index is 698. The van der Waals surface area contributed by atoms with Gasteiger partial charge in [0.05, 0.1) is 13.0 Å². The Kier molecular flexibility index (Phi) is 18.5. The number of aliphatic carboxylic acids is 1. The molecule has 0 radical (unpaired) electrons. The van der Waals surface area contributed by atoms with Gasteiger partial charge in [-0.3, -0.25) is 35.6 Å². The van der Waals surface area contributed by atoms with Crippen molar-refractivity contribution in [1.29, 1.82) is 0 Å². The summed E-state index contributed by atoms with van der Waals surface area (Å²) in [4.78, 5) is 51.2. The van der Waals surface area contributed by atoms with Gasteiger partial charge in [-0.1, -0.05) is 34.6 Å². The number of carbonyl (C=O) groups is 4. The van der Waals surface area contributed by atoms with E-state index in [0.29, 0.717) is 19.4 Å². The zero-order valence-electron chi connectivity index (χ0n) is 21.7. The van der Waals surface area contributed by atoms with Crippen LogP contribution in [0.5, 0.6) is 0 Å². The first-order valence-corrected chi connectivity index (χ1v) is 12.1. The lowest BCUT2D eigenvalue weighted by Crippen LogP contribution is -3.00. The normalized spacial score (nSPS) is 13.2. The molecule has 0 aliphatic rings. The van der Waals surface area contributed by atoms with Crippen LogP contribution < -0.4 is 44.8 Å². The number of guanidine groups is 1. The molecule has 0 saturated heterocycles. The molecule has 0 heterocycles. The topological polar surface area (TPSA) is 191 Å². The van der Waals surface area contributed by atoms with Crippen LogP contribution in [-0.2, 0) is 19.2 Å². The van der Waals surface area contributed by atoms with E-state index in [2.05, 4.69) is 20.9 Å². The molecule has 3 atom stereocenters. The molecule has 0 aromatic heterocycles. The van der Waals surface area contributed by atoms with E-state index in [1.807, 2.05) is 27.7 Å². The number of carbonyl (C=O) groups excluding carboxylic acids is 3. The Morgan fingerprint density at radius 2 is 1.51 bits per heavy atom. The van der Waals surface area contributed by atoms with E-state index in [-0.39, 0.29) is 61.4 Å². The van der Waals surface area contributed by atoms with Crippen molar-refractivity contribution < 1.29 is 41.7 Å². The molecule has 3 unspecified atom stereocenters. The number of carboxylic acids is 1. The second kappa shape index (κ2) is 18.7. The summed E-state index contributed by atoms with van der Waals surface area (Å²) >= 11 is 0. The van der Waals surface area contributed by atoms with Gasteiger partial charge >= 0.3 is 11.9 Å². The van der Waals surface area contributed by atoms with Gasteiger partial charge in [0.25, 0.3) is 0 Å². The highest BCUT2D eigenvalue weighted by atomic mass is 35.5. The third-order valence-electron chi connectivity index (χ3n) is 5.37. The van der Waals surface area contributed by atoms with E-state index in [1.165, 1.54) is 0 Å². The SMILES string of the molecule is CCC(CC(=O)O)NC(=O)CCC(=O)NC(CC(C)C)C(=O)NC(CCC[NH+]=C(N)N)C(C)C.[Cl-]. The van der Waals surface area contributed by atoms with Gasteiger partial charge in [-0.2, -0.15) is 0 Å². The summed E-state index contributed by atoms with van der Waals surface area (Å²) < 4.78 is 0. The van der Waals surface area contributed by atoms with E-state index in [9.17, 15) is 19.2 Å². The molecular weight excluding hydrogens is 476 g/mol. The minimum absolute atomic E-state index is 0. The molecule has 0 rings (SSSR count). The van der Waals surface area contributed by atoms with Gasteiger partial charge in [0.2, 0.25) is 17.7 Å². The van der Waals surface area contributed by atoms with E-state index in [0.717, 1.165) is 12.8 Å². The van der Waals surface area contributed by atoms with Crippen LogP contribution in [0.4, 0.5) is 0 Å². The van der Waals surface area contributed by atoms with Crippen molar-refractivity contribution in [1.82, 2.24) is 16.0 Å². The van der Waals surface area contributed by atoms with Gasteiger partial charge in [0.1, 0.15) is 6.04 Å². The number of nitrogens with two attached hydrogens (primary N) is 2. The number of carboxylic acid groups (broad SMARTS) is 1. The van der Waals surface area contributed by atoms with Gasteiger partial charge < -0.3 is 33.5 Å². The van der Waals surface area contributed by atoms with Crippen LogP contribution >= 0.6 is 0 Å². The maximum Gasteiger partial charge on any atom is 0.338 e. The number of rotatable bonds is 17. The second-order valence-corrected chi connectivity index (χ2v) is 9.40. The largest absolute Gasteiger partial charge is 1.00 e. The lowest BCUT2D eigenvalue weighted by molar-refractivity contribution is -0.459. The summed E-state index contributed by atoms with van der Waals surface area (Å²) in [5.74, 6) is -1.52. The second-order valence-electron chi connectivity index (χ2n) is 9.40. The van der Waals surface area contributed by atoms with Crippen LogP contribution in [0.15, 0.2) is 0 Å². The molecule has 11 nitrogen and oxygen atoms in total. The average Bonchev–Trinajstić information content (AvgIpc) is 2.72. The Labute approximate surface area is 215 Å². The summed E-state index contributed by atoms with van der Waals surface area (Å²) in [6.07, 6.45) is 2.08. The van der Waals surface area contributed by atoms with Gasteiger partial charge in [0, 0.05) is 24.9 Å². The quantitative estimate of drug-likeness (QED) is 0.0576. The lowest BCUT2D eigenvalue weighted by Gasteiger charge is -2.26. The molecule has 12 heteroatoms. The van der Waals surface area contributed by atoms with Crippen molar-refractivity contribution in [2.45, 2.75) is 97.7 Å². The monoisotopic (exact) mass is 520 g/mol. The molecule has 0 fully saturated rings. The van der Waals surface area contributed by atoms with Crippen LogP contribution in [0.25, 0.3) is 0 Å². The van der Waals surface area contributed by atoms with Crippen LogP contribution in [0.2, 0.25) is 0 Å². The highest BCUT2D eigenvalue weighted by molar-refractivity contribution is 5.89. The van der Waals surface area contributed by atoms with Crippen LogP contribution in [0.1, 0.15) is 79.6 Å². The fourth-order valence-electron chi connectivity index (χ4n) is 3.41. The third-order valence-corrected chi connectivity index (χ3v) is 5.37. The molecule has 3 amide bonds. The van der Waals surface area contributed by atoms with Gasteiger partial charge in [-0.05, 0) is 37.5 Å². The third kappa shape index (κ3) is 17.5. The predicted molar refractivity (Wildman–Crippen MR) is 130 cm³/mol. The highest BCUT2D eigenvalue weighted by Gasteiger charge is 2.25. The Morgan fingerprint density at radius 1 is 0.943 bits per heavy atom. The molecule has 0 aliphatic heterocycles. The molecule has 0 saturated carbocycles. The summed E-state index contributed by atoms with van der Waals surface area (Å²) in [7, 11) is 0. The molecule has 0 spiro atoms. The van der Waals surface area contributed by atoms with Crippen molar-refractivity contribution >= 4 is 29.7 Å². The number of halogens is 1. The van der Waals surface area contributed by atoms with E-state index >= 15 is 0 Å². The number of hydrogen-bond acceptors (Lipinski definition) is 4. The number of amides is 3. The molecule has 0 aromatic carbocycles. The zero-order chi connectivity index (χ0) is 26.3. The fourth-order valence-corrected chi connectivity index (χ4v) is 3.41. The Balaban J connectivity index is 0. The number of nitrogens with one attached hydrogen (secondary N) is 4. The van der Waals surface area contributed by atoms with Gasteiger partial charge in [-0.25, -0.2) is 0 Å². The summed E-state index contributed by atoms with van der Waals surface area (Å²) in [6, 6.07) is -1.26. The van der Waals surface area contributed by atoms with Crippen molar-refractivity contribution in [2.24, 2.45) is 23.3 Å². The van der Waals surface area contributed by atoms with E-state index in [4.69, 9.17) is 16.6 Å². The molecule has 0 aliphatic carbocycles. The molecule has 35 heavy (non-hydrogen) atoms.